The fraction of sp³-hybridized carbons (Fsp3) is 0. The summed E-state index contributed by atoms with van der Waals surface area (Å²) in [5.74, 6) is 0. The summed E-state index contributed by atoms with van der Waals surface area (Å²) in [6.45, 7) is 0. The Morgan fingerprint density at radius 3 is 2.88 bits per heavy atom. The zero-order chi connectivity index (χ0) is 10.8. The SMILES string of the molecule is C(=C\c1n[nH]c2ccccc12)/c1cc[nH]c1. The van der Waals surface area contributed by atoms with E-state index in [2.05, 4.69) is 21.2 Å². The van der Waals surface area contributed by atoms with Crippen molar-refractivity contribution in [3.8, 4) is 0 Å². The minimum atomic E-state index is 0.969. The molecule has 3 heteroatoms. The lowest BCUT2D eigenvalue weighted by atomic mass is 10.2. The first-order valence-electron chi connectivity index (χ1n) is 5.17. The van der Waals surface area contributed by atoms with Gasteiger partial charge in [-0.1, -0.05) is 24.3 Å². The number of hydrogen-bond acceptors (Lipinski definition) is 1. The number of nitrogens with one attached hydrogen (secondary N) is 2. The molecule has 0 saturated carbocycles. The Bertz CT molecular complexity index is 617. The molecule has 0 aliphatic rings. The summed E-state index contributed by atoms with van der Waals surface area (Å²) in [4.78, 5) is 3.02. The maximum absolute atomic E-state index is 4.27. The lowest BCUT2D eigenvalue weighted by Gasteiger charge is -1.88. The van der Waals surface area contributed by atoms with Crippen LogP contribution in [0.25, 0.3) is 23.1 Å². The zero-order valence-corrected chi connectivity index (χ0v) is 8.64. The molecule has 0 amide bonds. The molecule has 2 heterocycles. The number of fused-ring (bicyclic) bond motifs is 1. The van der Waals surface area contributed by atoms with Crippen molar-refractivity contribution in [2.24, 2.45) is 0 Å². The van der Waals surface area contributed by atoms with Crippen LogP contribution in [0.4, 0.5) is 0 Å². The first kappa shape index (κ1) is 8.97. The van der Waals surface area contributed by atoms with Crippen molar-refractivity contribution in [2.75, 3.05) is 0 Å². The molecule has 0 atom stereocenters. The van der Waals surface area contributed by atoms with Gasteiger partial charge in [0.25, 0.3) is 0 Å². The highest BCUT2D eigenvalue weighted by Gasteiger charge is 2.00. The lowest BCUT2D eigenvalue weighted by Crippen LogP contribution is -1.71. The van der Waals surface area contributed by atoms with Gasteiger partial charge in [0.1, 0.15) is 0 Å². The van der Waals surface area contributed by atoms with Crippen molar-refractivity contribution < 1.29 is 0 Å². The van der Waals surface area contributed by atoms with E-state index >= 15 is 0 Å². The number of rotatable bonds is 2. The van der Waals surface area contributed by atoms with Gasteiger partial charge >= 0.3 is 0 Å². The maximum atomic E-state index is 4.27. The highest BCUT2D eigenvalue weighted by atomic mass is 15.1. The van der Waals surface area contributed by atoms with Gasteiger partial charge in [-0.05, 0) is 23.8 Å². The molecular weight excluding hydrogens is 198 g/mol. The number of aromatic nitrogens is 3. The maximum Gasteiger partial charge on any atom is 0.0927 e. The summed E-state index contributed by atoms with van der Waals surface area (Å²) in [6, 6.07) is 10.1. The van der Waals surface area contributed by atoms with Crippen molar-refractivity contribution in [1.29, 1.82) is 0 Å². The molecule has 2 N–H and O–H groups in total. The third-order valence-electron chi connectivity index (χ3n) is 2.56. The Hall–Kier alpha value is -2.29. The van der Waals surface area contributed by atoms with Crippen LogP contribution >= 0.6 is 0 Å². The van der Waals surface area contributed by atoms with Crippen molar-refractivity contribution in [3.63, 3.8) is 0 Å². The van der Waals surface area contributed by atoms with Gasteiger partial charge in [0.15, 0.2) is 0 Å². The number of aromatic amines is 2. The predicted molar refractivity (Wildman–Crippen MR) is 65.8 cm³/mol. The topological polar surface area (TPSA) is 44.5 Å². The molecule has 2 aromatic heterocycles. The van der Waals surface area contributed by atoms with Gasteiger partial charge in [-0.2, -0.15) is 5.10 Å². The number of H-pyrrole nitrogens is 2. The average Bonchev–Trinajstić information content (AvgIpc) is 2.96. The predicted octanol–water partition coefficient (Wildman–Crippen LogP) is 3.06. The normalized spacial score (nSPS) is 11.5. The summed E-state index contributed by atoms with van der Waals surface area (Å²) < 4.78 is 0. The lowest BCUT2D eigenvalue weighted by molar-refractivity contribution is 1.11. The number of benzene rings is 1. The van der Waals surface area contributed by atoms with Crippen LogP contribution in [0.1, 0.15) is 11.3 Å². The van der Waals surface area contributed by atoms with Gasteiger partial charge in [-0.3, -0.25) is 5.10 Å². The number of nitrogens with zero attached hydrogens (tertiary/aromatic N) is 1. The van der Waals surface area contributed by atoms with Crippen LogP contribution in [0.3, 0.4) is 0 Å². The highest BCUT2D eigenvalue weighted by Crippen LogP contribution is 2.17. The zero-order valence-electron chi connectivity index (χ0n) is 8.64. The molecule has 78 valence electrons. The molecule has 0 fully saturated rings. The van der Waals surface area contributed by atoms with Gasteiger partial charge in [0.05, 0.1) is 11.2 Å². The van der Waals surface area contributed by atoms with Crippen LogP contribution in [-0.4, -0.2) is 15.2 Å². The first-order chi connectivity index (χ1) is 7.93. The van der Waals surface area contributed by atoms with Crippen LogP contribution in [0.15, 0.2) is 42.7 Å². The standard InChI is InChI=1S/C13H11N3/c1-2-4-12-11(3-1)13(16-15-12)6-5-10-7-8-14-9-10/h1-9,14H,(H,15,16)/b6-5+. The van der Waals surface area contributed by atoms with E-state index in [1.54, 1.807) is 0 Å². The largest absolute Gasteiger partial charge is 0.367 e. The third-order valence-corrected chi connectivity index (χ3v) is 2.56. The molecule has 3 aromatic rings. The summed E-state index contributed by atoms with van der Waals surface area (Å²) in [7, 11) is 0. The van der Waals surface area contributed by atoms with E-state index in [0.29, 0.717) is 0 Å². The Labute approximate surface area is 92.8 Å². The van der Waals surface area contributed by atoms with Crippen LogP contribution in [0, 0.1) is 0 Å². The summed E-state index contributed by atoms with van der Waals surface area (Å²) >= 11 is 0. The molecule has 3 rings (SSSR count). The smallest absolute Gasteiger partial charge is 0.0927 e. The molecule has 3 nitrogen and oxygen atoms in total. The fourth-order valence-corrected chi connectivity index (χ4v) is 1.73. The second kappa shape index (κ2) is 3.70. The van der Waals surface area contributed by atoms with Crippen molar-refractivity contribution in [1.82, 2.24) is 15.2 Å². The Morgan fingerprint density at radius 2 is 2.00 bits per heavy atom. The molecule has 0 spiro atoms. The summed E-state index contributed by atoms with van der Waals surface area (Å²) in [5.41, 5.74) is 3.18. The van der Waals surface area contributed by atoms with Crippen molar-refractivity contribution in [3.05, 3.63) is 54.0 Å². The minimum absolute atomic E-state index is 0.969. The second-order valence-corrected chi connectivity index (χ2v) is 3.63. The molecule has 0 unspecified atom stereocenters. The molecule has 0 aliphatic heterocycles. The second-order valence-electron chi connectivity index (χ2n) is 3.63. The van der Waals surface area contributed by atoms with Crippen LogP contribution in [-0.2, 0) is 0 Å². The quantitative estimate of drug-likeness (QED) is 0.669. The van der Waals surface area contributed by atoms with Gasteiger partial charge in [0, 0.05) is 17.8 Å². The molecule has 0 saturated heterocycles. The summed E-state index contributed by atoms with van der Waals surface area (Å²) in [6.07, 6.45) is 7.91. The molecule has 16 heavy (non-hydrogen) atoms. The third kappa shape index (κ3) is 1.52. The fourth-order valence-electron chi connectivity index (χ4n) is 1.73. The Morgan fingerprint density at radius 1 is 1.06 bits per heavy atom. The molecule has 0 radical (unpaired) electrons. The monoisotopic (exact) mass is 209 g/mol. The molecule has 1 aromatic carbocycles. The van der Waals surface area contributed by atoms with Gasteiger partial charge in [-0.25, -0.2) is 0 Å². The minimum Gasteiger partial charge on any atom is -0.367 e. The van der Waals surface area contributed by atoms with Gasteiger partial charge < -0.3 is 4.98 Å². The molecule has 0 bridgehead atoms. The Kier molecular flexibility index (Phi) is 2.07. The molecular formula is C13H11N3. The average molecular weight is 209 g/mol. The van der Waals surface area contributed by atoms with Crippen molar-refractivity contribution >= 4 is 23.1 Å². The van der Waals surface area contributed by atoms with Crippen LogP contribution in [0.2, 0.25) is 0 Å². The van der Waals surface area contributed by atoms with E-state index < -0.39 is 0 Å². The highest BCUT2D eigenvalue weighted by molar-refractivity contribution is 5.89. The van der Waals surface area contributed by atoms with Gasteiger partial charge in [0.2, 0.25) is 0 Å². The van der Waals surface area contributed by atoms with E-state index in [0.717, 1.165) is 22.2 Å². The number of para-hydroxylation sites is 1. The van der Waals surface area contributed by atoms with Crippen LogP contribution < -0.4 is 0 Å². The van der Waals surface area contributed by atoms with E-state index in [1.165, 1.54) is 0 Å². The Balaban J connectivity index is 2.01. The first-order valence-corrected chi connectivity index (χ1v) is 5.17. The van der Waals surface area contributed by atoms with Crippen molar-refractivity contribution in [2.45, 2.75) is 0 Å². The summed E-state index contributed by atoms with van der Waals surface area (Å²) in [5, 5.41) is 8.43. The van der Waals surface area contributed by atoms with E-state index in [-0.39, 0.29) is 0 Å². The van der Waals surface area contributed by atoms with Crippen LogP contribution in [0.5, 0.6) is 0 Å². The number of hydrogen-bond donors (Lipinski definition) is 2. The van der Waals surface area contributed by atoms with E-state index in [9.17, 15) is 0 Å². The molecule has 0 aliphatic carbocycles. The van der Waals surface area contributed by atoms with E-state index in [4.69, 9.17) is 0 Å². The van der Waals surface area contributed by atoms with Gasteiger partial charge in [-0.15, -0.1) is 0 Å². The van der Waals surface area contributed by atoms with E-state index in [1.807, 2.05) is 48.8 Å².